The Bertz CT molecular complexity index is 727. The third kappa shape index (κ3) is 3.10. The molecule has 0 fully saturated rings. The molecule has 1 aromatic carbocycles. The van der Waals surface area contributed by atoms with Crippen LogP contribution in [0.25, 0.3) is 0 Å². The van der Waals surface area contributed by atoms with E-state index in [1.165, 1.54) is 0 Å². The second-order valence-electron chi connectivity index (χ2n) is 4.98. The van der Waals surface area contributed by atoms with Gasteiger partial charge in [0.2, 0.25) is 0 Å². The summed E-state index contributed by atoms with van der Waals surface area (Å²) in [4.78, 5) is 15.7. The SMILES string of the molecule is Cc1cnc(=O)n(Cc2cc3c(cc2Br)OCCCO3)c1. The van der Waals surface area contributed by atoms with Crippen molar-refractivity contribution >= 4 is 15.9 Å². The molecule has 0 unspecified atom stereocenters. The first-order valence-corrected chi connectivity index (χ1v) is 7.54. The molecule has 0 bridgehead atoms. The molecule has 0 spiro atoms. The van der Waals surface area contributed by atoms with Gasteiger partial charge in [-0.1, -0.05) is 15.9 Å². The maximum Gasteiger partial charge on any atom is 0.347 e. The maximum absolute atomic E-state index is 11.8. The number of aryl methyl sites for hydroxylation is 1. The monoisotopic (exact) mass is 350 g/mol. The van der Waals surface area contributed by atoms with Crippen LogP contribution in [-0.2, 0) is 6.54 Å². The lowest BCUT2D eigenvalue weighted by Crippen LogP contribution is -2.23. The Balaban J connectivity index is 1.97. The highest BCUT2D eigenvalue weighted by atomic mass is 79.9. The minimum absolute atomic E-state index is 0.264. The lowest BCUT2D eigenvalue weighted by Gasteiger charge is -2.13. The summed E-state index contributed by atoms with van der Waals surface area (Å²) in [5.74, 6) is 1.46. The summed E-state index contributed by atoms with van der Waals surface area (Å²) in [5, 5.41) is 0. The van der Waals surface area contributed by atoms with Gasteiger partial charge in [0.25, 0.3) is 0 Å². The van der Waals surface area contributed by atoms with E-state index in [9.17, 15) is 4.79 Å². The fourth-order valence-corrected chi connectivity index (χ4v) is 2.66. The molecule has 2 heterocycles. The van der Waals surface area contributed by atoms with E-state index in [-0.39, 0.29) is 5.69 Å². The number of ether oxygens (including phenoxy) is 2. The molecule has 0 radical (unpaired) electrons. The van der Waals surface area contributed by atoms with Crippen LogP contribution in [0.2, 0.25) is 0 Å². The normalized spacial score (nSPS) is 13.8. The summed E-state index contributed by atoms with van der Waals surface area (Å²) in [6.45, 7) is 3.64. The molecule has 1 aliphatic heterocycles. The van der Waals surface area contributed by atoms with Gasteiger partial charge in [-0.2, -0.15) is 0 Å². The molecular weight excluding hydrogens is 336 g/mol. The highest BCUT2D eigenvalue weighted by Crippen LogP contribution is 2.35. The Hall–Kier alpha value is -1.82. The molecule has 0 saturated heterocycles. The van der Waals surface area contributed by atoms with E-state index in [2.05, 4.69) is 20.9 Å². The second kappa shape index (κ2) is 5.89. The van der Waals surface area contributed by atoms with Crippen LogP contribution in [0, 0.1) is 6.92 Å². The van der Waals surface area contributed by atoms with E-state index < -0.39 is 0 Å². The summed E-state index contributed by atoms with van der Waals surface area (Å²) in [5.41, 5.74) is 1.63. The second-order valence-corrected chi connectivity index (χ2v) is 5.84. The van der Waals surface area contributed by atoms with Crippen LogP contribution in [0.5, 0.6) is 11.5 Å². The molecule has 110 valence electrons. The average Bonchev–Trinajstić information content (AvgIpc) is 2.68. The number of rotatable bonds is 2. The van der Waals surface area contributed by atoms with Gasteiger partial charge in [0.05, 0.1) is 19.8 Å². The number of fused-ring (bicyclic) bond motifs is 1. The summed E-state index contributed by atoms with van der Waals surface area (Å²) in [6, 6.07) is 3.81. The Kier molecular flexibility index (Phi) is 3.96. The first-order valence-electron chi connectivity index (χ1n) is 6.74. The van der Waals surface area contributed by atoms with Crippen LogP contribution in [0.1, 0.15) is 17.5 Å². The molecule has 21 heavy (non-hydrogen) atoms. The molecule has 0 amide bonds. The Morgan fingerprint density at radius 1 is 1.29 bits per heavy atom. The smallest absolute Gasteiger partial charge is 0.347 e. The zero-order valence-corrected chi connectivity index (χ0v) is 13.2. The van der Waals surface area contributed by atoms with Crippen LogP contribution < -0.4 is 15.2 Å². The first-order chi connectivity index (χ1) is 10.1. The number of halogens is 1. The number of hydrogen-bond acceptors (Lipinski definition) is 4. The first kappa shape index (κ1) is 14.1. The molecule has 0 atom stereocenters. The Labute approximate surface area is 130 Å². The third-order valence-electron chi connectivity index (χ3n) is 3.24. The molecule has 2 aromatic rings. The van der Waals surface area contributed by atoms with E-state index in [0.717, 1.165) is 33.5 Å². The topological polar surface area (TPSA) is 53.4 Å². The molecule has 0 aliphatic carbocycles. The van der Waals surface area contributed by atoms with Gasteiger partial charge in [0.15, 0.2) is 11.5 Å². The van der Waals surface area contributed by atoms with Gasteiger partial charge in [0.1, 0.15) is 0 Å². The molecule has 3 rings (SSSR count). The van der Waals surface area contributed by atoms with Crippen molar-refractivity contribution in [2.24, 2.45) is 0 Å². The van der Waals surface area contributed by atoms with Crippen LogP contribution in [-0.4, -0.2) is 22.8 Å². The van der Waals surface area contributed by atoms with E-state index in [0.29, 0.717) is 19.8 Å². The van der Waals surface area contributed by atoms with Gasteiger partial charge in [-0.15, -0.1) is 0 Å². The van der Waals surface area contributed by atoms with Crippen molar-refractivity contribution in [3.63, 3.8) is 0 Å². The number of benzene rings is 1. The number of aromatic nitrogens is 2. The standard InChI is InChI=1S/C15H15BrN2O3/c1-10-7-17-15(19)18(8-10)9-11-5-13-14(6-12(11)16)21-4-2-3-20-13/h5-8H,2-4,9H2,1H3. The molecule has 5 nitrogen and oxygen atoms in total. The zero-order chi connectivity index (χ0) is 14.8. The molecule has 0 N–H and O–H groups in total. The number of hydrogen-bond donors (Lipinski definition) is 0. The maximum atomic E-state index is 11.8. The molecule has 1 aliphatic rings. The third-order valence-corrected chi connectivity index (χ3v) is 3.98. The van der Waals surface area contributed by atoms with Crippen LogP contribution in [0.3, 0.4) is 0 Å². The van der Waals surface area contributed by atoms with Crippen LogP contribution in [0.4, 0.5) is 0 Å². The quantitative estimate of drug-likeness (QED) is 0.834. The fourth-order valence-electron chi connectivity index (χ4n) is 2.21. The molecule has 6 heteroatoms. The summed E-state index contributed by atoms with van der Waals surface area (Å²) < 4.78 is 13.8. The van der Waals surface area contributed by atoms with E-state index in [4.69, 9.17) is 9.47 Å². The predicted molar refractivity (Wildman–Crippen MR) is 82.1 cm³/mol. The van der Waals surface area contributed by atoms with Crippen molar-refractivity contribution in [2.45, 2.75) is 19.9 Å². The minimum atomic E-state index is -0.264. The van der Waals surface area contributed by atoms with Crippen molar-refractivity contribution in [1.29, 1.82) is 0 Å². The van der Waals surface area contributed by atoms with E-state index in [1.807, 2.05) is 19.1 Å². The van der Waals surface area contributed by atoms with Crippen molar-refractivity contribution < 1.29 is 9.47 Å². The summed E-state index contributed by atoms with van der Waals surface area (Å²) >= 11 is 3.53. The Morgan fingerprint density at radius 3 is 2.76 bits per heavy atom. The van der Waals surface area contributed by atoms with Crippen molar-refractivity contribution in [3.05, 3.63) is 50.6 Å². The molecule has 0 saturated carbocycles. The van der Waals surface area contributed by atoms with Gasteiger partial charge < -0.3 is 9.47 Å². The van der Waals surface area contributed by atoms with Gasteiger partial charge in [-0.3, -0.25) is 4.57 Å². The van der Waals surface area contributed by atoms with Gasteiger partial charge in [-0.05, 0) is 30.2 Å². The average molecular weight is 351 g/mol. The van der Waals surface area contributed by atoms with Crippen molar-refractivity contribution in [1.82, 2.24) is 9.55 Å². The van der Waals surface area contributed by atoms with Crippen molar-refractivity contribution in [2.75, 3.05) is 13.2 Å². The summed E-state index contributed by atoms with van der Waals surface area (Å²) in [6.07, 6.45) is 4.23. The van der Waals surface area contributed by atoms with E-state index in [1.54, 1.807) is 17.0 Å². The zero-order valence-electron chi connectivity index (χ0n) is 11.6. The summed E-state index contributed by atoms with van der Waals surface area (Å²) in [7, 11) is 0. The lowest BCUT2D eigenvalue weighted by molar-refractivity contribution is 0.297. The molecular formula is C15H15BrN2O3. The fraction of sp³-hybridized carbons (Fsp3) is 0.333. The van der Waals surface area contributed by atoms with Gasteiger partial charge in [0, 0.05) is 23.3 Å². The molecule has 1 aromatic heterocycles. The van der Waals surface area contributed by atoms with E-state index >= 15 is 0 Å². The Morgan fingerprint density at radius 2 is 2.00 bits per heavy atom. The predicted octanol–water partition coefficient (Wildman–Crippen LogP) is 2.52. The van der Waals surface area contributed by atoms with Crippen LogP contribution in [0.15, 0.2) is 33.8 Å². The van der Waals surface area contributed by atoms with Crippen molar-refractivity contribution in [3.8, 4) is 11.5 Å². The minimum Gasteiger partial charge on any atom is -0.490 e. The lowest BCUT2D eigenvalue weighted by atomic mass is 10.2. The van der Waals surface area contributed by atoms with Crippen LogP contribution >= 0.6 is 15.9 Å². The van der Waals surface area contributed by atoms with Gasteiger partial charge >= 0.3 is 5.69 Å². The highest BCUT2D eigenvalue weighted by Gasteiger charge is 2.14. The number of nitrogens with zero attached hydrogens (tertiary/aromatic N) is 2. The van der Waals surface area contributed by atoms with Gasteiger partial charge in [-0.25, -0.2) is 9.78 Å². The largest absolute Gasteiger partial charge is 0.490 e. The highest BCUT2D eigenvalue weighted by molar-refractivity contribution is 9.10.